The summed E-state index contributed by atoms with van der Waals surface area (Å²) in [7, 11) is 2.85. The van der Waals surface area contributed by atoms with E-state index < -0.39 is 17.9 Å². The van der Waals surface area contributed by atoms with Crippen molar-refractivity contribution in [2.24, 2.45) is 4.99 Å². The van der Waals surface area contributed by atoms with Gasteiger partial charge < -0.3 is 31.0 Å². The molecular formula is C19H24N10O3. The fourth-order valence-electron chi connectivity index (χ4n) is 2.98. The van der Waals surface area contributed by atoms with Gasteiger partial charge in [-0.15, -0.1) is 0 Å². The van der Waals surface area contributed by atoms with Gasteiger partial charge in [0.2, 0.25) is 0 Å². The molecule has 2 aromatic rings. The Hall–Kier alpha value is -4.00. The first-order chi connectivity index (χ1) is 15.6. The number of morpholine rings is 1. The first kappa shape index (κ1) is 22.7. The quantitative estimate of drug-likeness (QED) is 0.392. The van der Waals surface area contributed by atoms with Crippen LogP contribution in [-0.2, 0) is 9.53 Å². The van der Waals surface area contributed by atoms with Gasteiger partial charge in [0.1, 0.15) is 23.9 Å². The molecule has 3 heterocycles. The molecule has 32 heavy (non-hydrogen) atoms. The largest absolute Gasteiger partial charge is 0.378 e. The van der Waals surface area contributed by atoms with Crippen molar-refractivity contribution in [1.82, 2.24) is 30.6 Å². The maximum Gasteiger partial charge on any atom is 0.274 e. The van der Waals surface area contributed by atoms with E-state index in [2.05, 4.69) is 40.9 Å². The van der Waals surface area contributed by atoms with Gasteiger partial charge in [-0.2, -0.15) is 0 Å². The monoisotopic (exact) mass is 440 g/mol. The molecule has 168 valence electrons. The van der Waals surface area contributed by atoms with Crippen LogP contribution in [0.2, 0.25) is 0 Å². The van der Waals surface area contributed by atoms with Crippen molar-refractivity contribution in [1.29, 1.82) is 5.41 Å². The minimum Gasteiger partial charge on any atom is -0.378 e. The molecule has 0 aromatic carbocycles. The van der Waals surface area contributed by atoms with Gasteiger partial charge in [0.15, 0.2) is 11.5 Å². The zero-order chi connectivity index (χ0) is 22.9. The van der Waals surface area contributed by atoms with E-state index in [1.165, 1.54) is 32.8 Å². The Morgan fingerprint density at radius 3 is 2.59 bits per heavy atom. The van der Waals surface area contributed by atoms with Crippen LogP contribution in [0.3, 0.4) is 0 Å². The summed E-state index contributed by atoms with van der Waals surface area (Å²) in [6, 6.07) is -1.05. The Morgan fingerprint density at radius 2 is 1.97 bits per heavy atom. The van der Waals surface area contributed by atoms with Gasteiger partial charge in [-0.1, -0.05) is 0 Å². The summed E-state index contributed by atoms with van der Waals surface area (Å²) < 4.78 is 5.37. The molecular weight excluding hydrogens is 416 g/mol. The summed E-state index contributed by atoms with van der Waals surface area (Å²) in [6.45, 7) is 2.31. The topological polar surface area (TPSA) is 170 Å². The van der Waals surface area contributed by atoms with Gasteiger partial charge in [-0.3, -0.25) is 14.6 Å². The normalized spacial score (nSPS) is 14.9. The Kier molecular flexibility index (Phi) is 7.70. The average Bonchev–Trinajstić information content (AvgIpc) is 2.84. The van der Waals surface area contributed by atoms with Gasteiger partial charge in [0.05, 0.1) is 37.5 Å². The van der Waals surface area contributed by atoms with Gasteiger partial charge in [-0.25, -0.2) is 19.9 Å². The molecule has 13 heteroatoms. The van der Waals surface area contributed by atoms with Crippen LogP contribution in [0.15, 0.2) is 29.9 Å². The van der Waals surface area contributed by atoms with E-state index in [9.17, 15) is 9.59 Å². The zero-order valence-electron chi connectivity index (χ0n) is 17.7. The average molecular weight is 440 g/mol. The van der Waals surface area contributed by atoms with Crippen LogP contribution in [-0.4, -0.2) is 90.1 Å². The maximum atomic E-state index is 13.2. The van der Waals surface area contributed by atoms with Gasteiger partial charge in [0, 0.05) is 33.4 Å². The second kappa shape index (κ2) is 10.9. The van der Waals surface area contributed by atoms with Crippen molar-refractivity contribution in [3.63, 3.8) is 0 Å². The lowest BCUT2D eigenvalue weighted by Gasteiger charge is -2.28. The van der Waals surface area contributed by atoms with Crippen molar-refractivity contribution in [2.75, 3.05) is 50.6 Å². The minimum absolute atomic E-state index is 0.0147. The molecule has 0 aliphatic carbocycles. The van der Waals surface area contributed by atoms with Gasteiger partial charge in [-0.05, 0) is 0 Å². The molecule has 3 rings (SSSR count). The summed E-state index contributed by atoms with van der Waals surface area (Å²) in [5.41, 5.74) is 0.482. The first-order valence-electron chi connectivity index (χ1n) is 9.79. The molecule has 0 spiro atoms. The standard InChI is InChI=1S/C19H24N10O3/c1-21-15(18(30)22-2)13(7-20)27-19(31)16-17(26-12-8-23-11-24-9-12)25-10-14(28-16)29-3-5-32-6-4-29/h7-11,13,20H,3-6H2,1-2H3,(H,22,30)(H,25,26)(H,27,31). The second-order valence-electron chi connectivity index (χ2n) is 6.58. The molecule has 1 atom stereocenters. The van der Waals surface area contributed by atoms with Crippen molar-refractivity contribution in [2.45, 2.75) is 6.04 Å². The van der Waals surface area contributed by atoms with Crippen LogP contribution in [0.25, 0.3) is 0 Å². The van der Waals surface area contributed by atoms with E-state index in [0.717, 1.165) is 6.21 Å². The van der Waals surface area contributed by atoms with E-state index in [4.69, 9.17) is 10.1 Å². The molecule has 4 N–H and O–H groups in total. The summed E-state index contributed by atoms with van der Waals surface area (Å²) in [5.74, 6) is -0.455. The molecule has 1 saturated heterocycles. The number of ether oxygens (including phenoxy) is 1. The molecule has 0 radical (unpaired) electrons. The molecule has 1 aliphatic heterocycles. The lowest BCUT2D eigenvalue weighted by atomic mass is 10.1. The number of rotatable bonds is 8. The Bertz CT molecular complexity index is 992. The zero-order valence-corrected chi connectivity index (χ0v) is 17.7. The van der Waals surface area contributed by atoms with Crippen molar-refractivity contribution >= 4 is 41.1 Å². The number of carbonyl (C=O) groups is 2. The smallest absolute Gasteiger partial charge is 0.274 e. The van der Waals surface area contributed by atoms with Crippen LogP contribution in [0.1, 0.15) is 10.5 Å². The summed E-state index contributed by atoms with van der Waals surface area (Å²) >= 11 is 0. The Morgan fingerprint density at radius 1 is 1.25 bits per heavy atom. The fourth-order valence-corrected chi connectivity index (χ4v) is 2.98. The minimum atomic E-state index is -1.05. The van der Waals surface area contributed by atoms with Crippen LogP contribution in [0, 0.1) is 5.41 Å². The number of nitrogens with one attached hydrogen (secondary N) is 4. The van der Waals surface area contributed by atoms with Crippen LogP contribution < -0.4 is 20.9 Å². The van der Waals surface area contributed by atoms with E-state index in [1.54, 1.807) is 6.20 Å². The number of amides is 2. The summed E-state index contributed by atoms with van der Waals surface area (Å²) in [4.78, 5) is 47.9. The number of aromatic nitrogens is 4. The van der Waals surface area contributed by atoms with Crippen molar-refractivity contribution in [3.8, 4) is 0 Å². The number of hydrogen-bond donors (Lipinski definition) is 4. The Balaban J connectivity index is 1.93. The SMILES string of the molecule is CN=C(C(=O)NC)C(C=N)NC(=O)c1nc(N2CCOCC2)cnc1Nc1cncnc1. The fraction of sp³-hybridized carbons (Fsp3) is 0.368. The first-order valence-corrected chi connectivity index (χ1v) is 9.79. The van der Waals surface area contributed by atoms with E-state index in [1.807, 2.05) is 4.90 Å². The van der Waals surface area contributed by atoms with Crippen LogP contribution >= 0.6 is 0 Å². The van der Waals surface area contributed by atoms with Gasteiger partial charge in [0.25, 0.3) is 11.8 Å². The molecule has 2 amide bonds. The second-order valence-corrected chi connectivity index (χ2v) is 6.58. The lowest BCUT2D eigenvalue weighted by Crippen LogP contribution is -2.48. The van der Waals surface area contributed by atoms with E-state index in [0.29, 0.717) is 37.8 Å². The molecule has 1 fully saturated rings. The summed E-state index contributed by atoms with van der Waals surface area (Å²) in [5, 5.41) is 15.7. The highest BCUT2D eigenvalue weighted by molar-refractivity contribution is 6.44. The highest BCUT2D eigenvalue weighted by atomic mass is 16.5. The maximum absolute atomic E-state index is 13.2. The van der Waals surface area contributed by atoms with Crippen molar-refractivity contribution in [3.05, 3.63) is 30.6 Å². The molecule has 2 aromatic heterocycles. The highest BCUT2D eigenvalue weighted by Crippen LogP contribution is 2.20. The molecule has 1 unspecified atom stereocenters. The number of aliphatic imine (C=N–C) groups is 1. The third kappa shape index (κ3) is 5.37. The number of hydrogen-bond acceptors (Lipinski definition) is 11. The molecule has 0 bridgehead atoms. The Labute approximate surface area is 184 Å². The predicted octanol–water partition coefficient (Wildman–Crippen LogP) is -0.588. The van der Waals surface area contributed by atoms with Crippen molar-refractivity contribution < 1.29 is 14.3 Å². The third-order valence-corrected chi connectivity index (χ3v) is 4.58. The third-order valence-electron chi connectivity index (χ3n) is 4.58. The molecule has 0 saturated carbocycles. The molecule has 1 aliphatic rings. The van der Waals surface area contributed by atoms with Crippen LogP contribution in [0.4, 0.5) is 17.3 Å². The van der Waals surface area contributed by atoms with E-state index in [-0.39, 0.29) is 17.2 Å². The van der Waals surface area contributed by atoms with Gasteiger partial charge >= 0.3 is 0 Å². The molecule has 13 nitrogen and oxygen atoms in total. The van der Waals surface area contributed by atoms with Crippen LogP contribution in [0.5, 0.6) is 0 Å². The lowest BCUT2D eigenvalue weighted by molar-refractivity contribution is -0.114. The number of nitrogens with zero attached hydrogens (tertiary/aromatic N) is 6. The summed E-state index contributed by atoms with van der Waals surface area (Å²) in [6.07, 6.45) is 6.92. The number of carbonyl (C=O) groups excluding carboxylic acids is 2. The highest BCUT2D eigenvalue weighted by Gasteiger charge is 2.26. The van der Waals surface area contributed by atoms with E-state index >= 15 is 0 Å². The number of anilines is 3. The predicted molar refractivity (Wildman–Crippen MR) is 118 cm³/mol.